The van der Waals surface area contributed by atoms with Gasteiger partial charge in [-0.25, -0.2) is 4.79 Å². The Balaban J connectivity index is 1.93. The van der Waals surface area contributed by atoms with Crippen LogP contribution in [0.15, 0.2) is 21.9 Å². The molecule has 1 fully saturated rings. The van der Waals surface area contributed by atoms with Gasteiger partial charge in [-0.15, -0.1) is 5.92 Å². The molecule has 4 heterocycles. The van der Waals surface area contributed by atoms with Gasteiger partial charge in [0.25, 0.3) is 5.56 Å². The molecule has 180 valence electrons. The van der Waals surface area contributed by atoms with Crippen molar-refractivity contribution < 1.29 is 9.47 Å². The van der Waals surface area contributed by atoms with E-state index < -0.39 is 11.2 Å². The van der Waals surface area contributed by atoms with E-state index in [1.165, 1.54) is 18.8 Å². The standard InChI is InChI=1S/C23H29N7O4/c1-5-6-12-29-18-20(26-22(29)28-11-7-8-15(24)13-28)27(2)23(32)30(21(18)31)14-16-19(34-4)17(33-3)9-10-25-16/h9-10,15H,7-8,11-14,24H2,1-4H3/t15-/m1/s1. The van der Waals surface area contributed by atoms with Crippen LogP contribution in [0.3, 0.4) is 0 Å². The maximum Gasteiger partial charge on any atom is 0.332 e. The zero-order valence-corrected chi connectivity index (χ0v) is 19.9. The highest BCUT2D eigenvalue weighted by molar-refractivity contribution is 5.75. The van der Waals surface area contributed by atoms with Gasteiger partial charge in [0.15, 0.2) is 22.7 Å². The average molecular weight is 468 g/mol. The summed E-state index contributed by atoms with van der Waals surface area (Å²) in [6.45, 7) is 3.31. The third kappa shape index (κ3) is 4.01. The lowest BCUT2D eigenvalue weighted by Gasteiger charge is -2.31. The topological polar surface area (TPSA) is 122 Å². The molecule has 0 radical (unpaired) electrons. The van der Waals surface area contributed by atoms with Crippen LogP contribution in [0.5, 0.6) is 11.5 Å². The Labute approximate surface area is 196 Å². The van der Waals surface area contributed by atoms with Gasteiger partial charge in [-0.1, -0.05) is 5.92 Å². The molecule has 0 spiro atoms. The molecule has 1 aliphatic rings. The van der Waals surface area contributed by atoms with Crippen molar-refractivity contribution in [3.8, 4) is 23.3 Å². The van der Waals surface area contributed by atoms with E-state index in [2.05, 4.69) is 21.7 Å². The van der Waals surface area contributed by atoms with Gasteiger partial charge >= 0.3 is 5.69 Å². The minimum absolute atomic E-state index is 0.0198. The van der Waals surface area contributed by atoms with Gasteiger partial charge in [0.05, 0.1) is 27.3 Å². The molecular formula is C23H29N7O4. The second-order valence-electron chi connectivity index (χ2n) is 8.17. The molecule has 0 bridgehead atoms. The van der Waals surface area contributed by atoms with E-state index in [-0.39, 0.29) is 19.1 Å². The van der Waals surface area contributed by atoms with E-state index in [1.54, 1.807) is 30.8 Å². The van der Waals surface area contributed by atoms with Crippen molar-refractivity contribution in [3.05, 3.63) is 38.8 Å². The highest BCUT2D eigenvalue weighted by Crippen LogP contribution is 2.29. The Bertz CT molecular complexity index is 1390. The number of piperidine rings is 1. The molecule has 3 aromatic heterocycles. The van der Waals surface area contributed by atoms with Gasteiger partial charge in [0, 0.05) is 38.4 Å². The quantitative estimate of drug-likeness (QED) is 0.514. The fourth-order valence-electron chi connectivity index (χ4n) is 4.35. The normalized spacial score (nSPS) is 15.8. The summed E-state index contributed by atoms with van der Waals surface area (Å²) in [7, 11) is 4.60. The maximum absolute atomic E-state index is 13.7. The average Bonchev–Trinajstić information content (AvgIpc) is 3.23. The number of rotatable bonds is 6. The van der Waals surface area contributed by atoms with Gasteiger partial charge < -0.3 is 20.1 Å². The molecule has 11 nitrogen and oxygen atoms in total. The van der Waals surface area contributed by atoms with Crippen molar-refractivity contribution in [1.29, 1.82) is 0 Å². The number of fused-ring (bicyclic) bond motifs is 1. The van der Waals surface area contributed by atoms with Gasteiger partial charge in [-0.05, 0) is 19.8 Å². The molecule has 3 aromatic rings. The molecule has 2 N–H and O–H groups in total. The first kappa shape index (κ1) is 23.4. The van der Waals surface area contributed by atoms with Crippen LogP contribution in [0.25, 0.3) is 11.2 Å². The zero-order valence-electron chi connectivity index (χ0n) is 19.9. The summed E-state index contributed by atoms with van der Waals surface area (Å²) >= 11 is 0. The van der Waals surface area contributed by atoms with E-state index in [9.17, 15) is 9.59 Å². The molecule has 0 amide bonds. The van der Waals surface area contributed by atoms with Crippen molar-refractivity contribution >= 4 is 17.1 Å². The van der Waals surface area contributed by atoms with Crippen LogP contribution in [-0.2, 0) is 20.1 Å². The number of hydrogen-bond acceptors (Lipinski definition) is 8. The van der Waals surface area contributed by atoms with Crippen LogP contribution in [0, 0.1) is 11.8 Å². The van der Waals surface area contributed by atoms with Crippen LogP contribution in [0.4, 0.5) is 5.95 Å². The van der Waals surface area contributed by atoms with E-state index in [4.69, 9.17) is 20.2 Å². The van der Waals surface area contributed by atoms with Crippen LogP contribution < -0.4 is 31.4 Å². The van der Waals surface area contributed by atoms with Crippen LogP contribution >= 0.6 is 0 Å². The minimum atomic E-state index is -0.503. The Morgan fingerprint density at radius 3 is 2.71 bits per heavy atom. The predicted molar refractivity (Wildman–Crippen MR) is 129 cm³/mol. The van der Waals surface area contributed by atoms with E-state index in [0.29, 0.717) is 40.8 Å². The van der Waals surface area contributed by atoms with Crippen molar-refractivity contribution in [1.82, 2.24) is 23.7 Å². The van der Waals surface area contributed by atoms with E-state index in [1.807, 2.05) is 0 Å². The smallest absolute Gasteiger partial charge is 0.332 e. The SMILES string of the molecule is CC#CCn1c(N2CCC[C@@H](N)C2)nc2c1c(=O)n(Cc1nccc(OC)c1OC)c(=O)n2C. The van der Waals surface area contributed by atoms with E-state index >= 15 is 0 Å². The van der Waals surface area contributed by atoms with Crippen molar-refractivity contribution in [3.63, 3.8) is 0 Å². The molecule has 1 atom stereocenters. The number of nitrogens with zero attached hydrogens (tertiary/aromatic N) is 6. The van der Waals surface area contributed by atoms with Crippen LogP contribution in [0.2, 0.25) is 0 Å². The number of aryl methyl sites for hydroxylation is 1. The summed E-state index contributed by atoms with van der Waals surface area (Å²) < 4.78 is 15.1. The highest BCUT2D eigenvalue weighted by Gasteiger charge is 2.26. The maximum atomic E-state index is 13.7. The van der Waals surface area contributed by atoms with Gasteiger partial charge in [-0.3, -0.25) is 23.5 Å². The van der Waals surface area contributed by atoms with Gasteiger partial charge in [0.2, 0.25) is 5.95 Å². The molecule has 11 heteroatoms. The molecular weight excluding hydrogens is 438 g/mol. The van der Waals surface area contributed by atoms with Crippen molar-refractivity contribution in [2.24, 2.45) is 12.8 Å². The number of nitrogens with two attached hydrogens (primary N) is 1. The largest absolute Gasteiger partial charge is 0.493 e. The summed E-state index contributed by atoms with van der Waals surface area (Å²) in [5.74, 6) is 7.33. The third-order valence-corrected chi connectivity index (χ3v) is 6.04. The van der Waals surface area contributed by atoms with Crippen molar-refractivity contribution in [2.75, 3.05) is 32.2 Å². The Morgan fingerprint density at radius 1 is 1.24 bits per heavy atom. The molecule has 0 unspecified atom stereocenters. The molecule has 0 saturated carbocycles. The molecule has 0 aliphatic carbocycles. The second-order valence-corrected chi connectivity index (χ2v) is 8.17. The number of ether oxygens (including phenoxy) is 2. The zero-order chi connectivity index (χ0) is 24.4. The number of imidazole rings is 1. The lowest BCUT2D eigenvalue weighted by Crippen LogP contribution is -2.44. The molecule has 0 aromatic carbocycles. The molecule has 1 saturated heterocycles. The molecule has 4 rings (SSSR count). The Hall–Kier alpha value is -3.78. The first-order valence-corrected chi connectivity index (χ1v) is 11.1. The number of hydrogen-bond donors (Lipinski definition) is 1. The molecule has 1 aliphatic heterocycles. The number of methoxy groups -OCH3 is 2. The summed E-state index contributed by atoms with van der Waals surface area (Å²) in [4.78, 5) is 38.0. The minimum Gasteiger partial charge on any atom is -0.493 e. The number of aromatic nitrogens is 5. The predicted octanol–water partition coefficient (Wildman–Crippen LogP) is 0.308. The second kappa shape index (κ2) is 9.61. The first-order valence-electron chi connectivity index (χ1n) is 11.1. The molecule has 34 heavy (non-hydrogen) atoms. The third-order valence-electron chi connectivity index (χ3n) is 6.04. The lowest BCUT2D eigenvalue weighted by molar-refractivity contribution is 0.348. The van der Waals surface area contributed by atoms with Crippen LogP contribution in [0.1, 0.15) is 25.5 Å². The Morgan fingerprint density at radius 2 is 2.03 bits per heavy atom. The van der Waals surface area contributed by atoms with Crippen molar-refractivity contribution in [2.45, 2.75) is 38.9 Å². The monoisotopic (exact) mass is 467 g/mol. The summed E-state index contributed by atoms with van der Waals surface area (Å²) in [5, 5.41) is 0. The highest BCUT2D eigenvalue weighted by atomic mass is 16.5. The Kier molecular flexibility index (Phi) is 6.61. The van der Waals surface area contributed by atoms with E-state index in [0.717, 1.165) is 24.0 Å². The fraction of sp³-hybridized carbons (Fsp3) is 0.478. The summed E-state index contributed by atoms with van der Waals surface area (Å²) in [6, 6.07) is 1.67. The summed E-state index contributed by atoms with van der Waals surface area (Å²) in [6.07, 6.45) is 3.41. The summed E-state index contributed by atoms with van der Waals surface area (Å²) in [5.41, 5.74) is 6.24. The fourth-order valence-corrected chi connectivity index (χ4v) is 4.35. The lowest BCUT2D eigenvalue weighted by atomic mass is 10.1. The first-order chi connectivity index (χ1) is 16.4. The number of pyridine rings is 1. The number of anilines is 1. The van der Waals surface area contributed by atoms with Gasteiger partial charge in [-0.2, -0.15) is 4.98 Å². The van der Waals surface area contributed by atoms with Gasteiger partial charge in [0.1, 0.15) is 5.69 Å². The van der Waals surface area contributed by atoms with Crippen LogP contribution in [-0.4, -0.2) is 57.0 Å².